The Morgan fingerprint density at radius 3 is 2.71 bits per heavy atom. The largest absolute Gasteiger partial charge is 0.467 e. The van der Waals surface area contributed by atoms with Gasteiger partial charge in [-0.3, -0.25) is 0 Å². The first-order chi connectivity index (χ1) is 10.1. The molecular formula is C14H18N4O2S. The zero-order chi connectivity index (χ0) is 15.3. The average molecular weight is 306 g/mol. The second-order valence-electron chi connectivity index (χ2n) is 4.59. The van der Waals surface area contributed by atoms with E-state index >= 15 is 0 Å². The molecule has 1 aromatic heterocycles. The van der Waals surface area contributed by atoms with Gasteiger partial charge in [-0.1, -0.05) is 42.1 Å². The van der Waals surface area contributed by atoms with E-state index in [-0.39, 0.29) is 0 Å². The Balaban J connectivity index is 2.10. The van der Waals surface area contributed by atoms with Crippen molar-refractivity contribution in [3.05, 3.63) is 42.2 Å². The van der Waals surface area contributed by atoms with E-state index in [4.69, 9.17) is 10.5 Å². The van der Waals surface area contributed by atoms with Crippen molar-refractivity contribution in [2.75, 3.05) is 12.9 Å². The second kappa shape index (κ2) is 6.73. The molecular weight excluding hydrogens is 288 g/mol. The summed E-state index contributed by atoms with van der Waals surface area (Å²) in [7, 11) is 3.17. The average Bonchev–Trinajstić information content (AvgIpc) is 2.92. The van der Waals surface area contributed by atoms with Gasteiger partial charge in [0.1, 0.15) is 11.9 Å². The minimum atomic E-state index is -1.15. The SMILES string of the molecule is COC(=O)C(N)(CCSc1ncnn1C)c1ccccc1. The van der Waals surface area contributed by atoms with E-state index in [1.165, 1.54) is 25.2 Å². The lowest BCUT2D eigenvalue weighted by Crippen LogP contribution is -2.46. The fourth-order valence-electron chi connectivity index (χ4n) is 2.00. The summed E-state index contributed by atoms with van der Waals surface area (Å²) in [5.41, 5.74) is 5.91. The molecule has 7 heteroatoms. The van der Waals surface area contributed by atoms with Crippen LogP contribution in [-0.2, 0) is 22.1 Å². The molecule has 0 amide bonds. The van der Waals surface area contributed by atoms with Crippen LogP contribution in [0.5, 0.6) is 0 Å². The van der Waals surface area contributed by atoms with Crippen molar-refractivity contribution in [1.82, 2.24) is 14.8 Å². The number of methoxy groups -OCH3 is 1. The van der Waals surface area contributed by atoms with E-state index in [1.54, 1.807) is 4.68 Å². The van der Waals surface area contributed by atoms with Crippen molar-refractivity contribution in [2.24, 2.45) is 12.8 Å². The molecule has 0 bridgehead atoms. The van der Waals surface area contributed by atoms with Gasteiger partial charge in [0.2, 0.25) is 0 Å². The molecule has 0 aliphatic carbocycles. The normalized spacial score (nSPS) is 13.7. The van der Waals surface area contributed by atoms with Gasteiger partial charge in [0.05, 0.1) is 7.11 Å². The van der Waals surface area contributed by atoms with Gasteiger partial charge in [0.25, 0.3) is 0 Å². The molecule has 0 spiro atoms. The van der Waals surface area contributed by atoms with Crippen molar-refractivity contribution in [3.63, 3.8) is 0 Å². The number of hydrogen-bond donors (Lipinski definition) is 1. The Morgan fingerprint density at radius 2 is 2.14 bits per heavy atom. The summed E-state index contributed by atoms with van der Waals surface area (Å²) >= 11 is 1.50. The van der Waals surface area contributed by atoms with Crippen molar-refractivity contribution in [2.45, 2.75) is 17.1 Å². The van der Waals surface area contributed by atoms with Gasteiger partial charge in [-0.05, 0) is 12.0 Å². The molecule has 0 aliphatic rings. The van der Waals surface area contributed by atoms with Gasteiger partial charge in [-0.15, -0.1) is 0 Å². The first-order valence-corrected chi connectivity index (χ1v) is 7.46. The number of thioether (sulfide) groups is 1. The summed E-state index contributed by atoms with van der Waals surface area (Å²) in [5, 5.41) is 4.79. The highest BCUT2D eigenvalue weighted by Gasteiger charge is 2.36. The van der Waals surface area contributed by atoms with Crippen LogP contribution in [0.15, 0.2) is 41.8 Å². The highest BCUT2D eigenvalue weighted by Crippen LogP contribution is 2.27. The third-order valence-corrected chi connectivity index (χ3v) is 4.27. The third kappa shape index (κ3) is 3.43. The van der Waals surface area contributed by atoms with Crippen LogP contribution in [0.4, 0.5) is 0 Å². The second-order valence-corrected chi connectivity index (χ2v) is 5.66. The number of nitrogens with zero attached hydrogens (tertiary/aromatic N) is 3. The van der Waals surface area contributed by atoms with Gasteiger partial charge >= 0.3 is 5.97 Å². The van der Waals surface area contributed by atoms with Crippen molar-refractivity contribution in [3.8, 4) is 0 Å². The molecule has 2 aromatic rings. The summed E-state index contributed by atoms with van der Waals surface area (Å²) in [6.45, 7) is 0. The molecule has 1 atom stereocenters. The first-order valence-electron chi connectivity index (χ1n) is 6.47. The fourth-order valence-corrected chi connectivity index (χ4v) is 2.96. The molecule has 2 N–H and O–H groups in total. The molecule has 1 unspecified atom stereocenters. The van der Waals surface area contributed by atoms with E-state index in [9.17, 15) is 4.79 Å². The molecule has 0 radical (unpaired) electrons. The molecule has 0 fully saturated rings. The van der Waals surface area contributed by atoms with Gasteiger partial charge < -0.3 is 10.5 Å². The Bertz CT molecular complexity index is 602. The Kier molecular flexibility index (Phi) is 4.98. The topological polar surface area (TPSA) is 83.0 Å². The summed E-state index contributed by atoms with van der Waals surface area (Å²) in [4.78, 5) is 16.2. The quantitative estimate of drug-likeness (QED) is 0.640. The van der Waals surface area contributed by atoms with Crippen LogP contribution in [0.1, 0.15) is 12.0 Å². The van der Waals surface area contributed by atoms with Gasteiger partial charge in [0, 0.05) is 12.8 Å². The Morgan fingerprint density at radius 1 is 1.43 bits per heavy atom. The zero-order valence-electron chi connectivity index (χ0n) is 12.0. The summed E-state index contributed by atoms with van der Waals surface area (Å²) in [5.74, 6) is 0.194. The van der Waals surface area contributed by atoms with E-state index < -0.39 is 11.5 Å². The standard InChI is InChI=1S/C14H18N4O2S/c1-18-13(16-10-17-18)21-9-8-14(15,12(19)20-2)11-6-4-3-5-7-11/h3-7,10H,8-9,15H2,1-2H3. The lowest BCUT2D eigenvalue weighted by Gasteiger charge is -2.26. The molecule has 1 heterocycles. The van der Waals surface area contributed by atoms with Crippen LogP contribution in [0, 0.1) is 0 Å². The van der Waals surface area contributed by atoms with Gasteiger partial charge in [-0.2, -0.15) is 5.10 Å². The fraction of sp³-hybridized carbons (Fsp3) is 0.357. The summed E-state index contributed by atoms with van der Waals surface area (Å²) < 4.78 is 6.56. The van der Waals surface area contributed by atoms with Crippen molar-refractivity contribution in [1.29, 1.82) is 0 Å². The first kappa shape index (κ1) is 15.5. The predicted molar refractivity (Wildman–Crippen MR) is 80.7 cm³/mol. The van der Waals surface area contributed by atoms with Gasteiger partial charge in [0.15, 0.2) is 5.16 Å². The van der Waals surface area contributed by atoms with E-state index in [0.717, 1.165) is 10.7 Å². The van der Waals surface area contributed by atoms with Crippen LogP contribution in [0.25, 0.3) is 0 Å². The highest BCUT2D eigenvalue weighted by atomic mass is 32.2. The zero-order valence-corrected chi connectivity index (χ0v) is 12.8. The number of carbonyl (C=O) groups excluding carboxylic acids is 1. The molecule has 1 aromatic carbocycles. The maximum Gasteiger partial charge on any atom is 0.330 e. The number of esters is 1. The predicted octanol–water partition coefficient (Wildman–Crippen LogP) is 1.32. The molecule has 0 aliphatic heterocycles. The molecule has 6 nitrogen and oxygen atoms in total. The van der Waals surface area contributed by atoms with Crippen LogP contribution < -0.4 is 5.73 Å². The lowest BCUT2D eigenvalue weighted by molar-refractivity contribution is -0.147. The molecule has 112 valence electrons. The number of benzene rings is 1. The number of aromatic nitrogens is 3. The van der Waals surface area contributed by atoms with E-state index in [0.29, 0.717) is 12.2 Å². The lowest BCUT2D eigenvalue weighted by atomic mass is 9.88. The Labute approximate surface area is 127 Å². The smallest absolute Gasteiger partial charge is 0.330 e. The Hall–Kier alpha value is -1.86. The third-order valence-electron chi connectivity index (χ3n) is 3.24. The molecule has 0 saturated heterocycles. The molecule has 0 saturated carbocycles. The summed E-state index contributed by atoms with van der Waals surface area (Å²) in [6.07, 6.45) is 1.94. The number of carbonyl (C=O) groups is 1. The molecule has 21 heavy (non-hydrogen) atoms. The van der Waals surface area contributed by atoms with Crippen LogP contribution in [0.2, 0.25) is 0 Å². The minimum absolute atomic E-state index is 0.438. The monoisotopic (exact) mass is 306 g/mol. The van der Waals surface area contributed by atoms with E-state index in [1.807, 2.05) is 37.4 Å². The number of ether oxygens (including phenoxy) is 1. The van der Waals surface area contributed by atoms with Crippen LogP contribution in [0.3, 0.4) is 0 Å². The number of rotatable bonds is 6. The van der Waals surface area contributed by atoms with Gasteiger partial charge in [-0.25, -0.2) is 14.5 Å². The van der Waals surface area contributed by atoms with Crippen molar-refractivity contribution < 1.29 is 9.53 Å². The maximum absolute atomic E-state index is 12.1. The number of aryl methyl sites for hydroxylation is 1. The van der Waals surface area contributed by atoms with Crippen molar-refractivity contribution >= 4 is 17.7 Å². The summed E-state index contributed by atoms with van der Waals surface area (Å²) in [6, 6.07) is 9.27. The number of hydrogen-bond acceptors (Lipinski definition) is 6. The van der Waals surface area contributed by atoms with Crippen LogP contribution >= 0.6 is 11.8 Å². The molecule has 2 rings (SSSR count). The van der Waals surface area contributed by atoms with Crippen LogP contribution in [-0.4, -0.2) is 33.6 Å². The maximum atomic E-state index is 12.1. The number of nitrogens with two attached hydrogens (primary N) is 1. The van der Waals surface area contributed by atoms with E-state index in [2.05, 4.69) is 10.1 Å². The highest BCUT2D eigenvalue weighted by molar-refractivity contribution is 7.99. The minimum Gasteiger partial charge on any atom is -0.467 e.